The third-order valence-corrected chi connectivity index (χ3v) is 2.51. The maximum absolute atomic E-state index is 11.6. The normalized spacial score (nSPS) is 12.8. The van der Waals surface area contributed by atoms with Crippen LogP contribution in [-0.2, 0) is 22.5 Å². The van der Waals surface area contributed by atoms with Gasteiger partial charge in [-0.2, -0.15) is 5.10 Å². The highest BCUT2D eigenvalue weighted by atomic mass is 16.6. The van der Waals surface area contributed by atoms with E-state index in [1.54, 1.807) is 37.7 Å². The van der Waals surface area contributed by atoms with Crippen molar-refractivity contribution >= 4 is 12.1 Å². The Morgan fingerprint density at radius 2 is 2.15 bits per heavy atom. The van der Waals surface area contributed by atoms with E-state index in [4.69, 9.17) is 4.74 Å². The number of carboxylic acid groups (broad SMARTS) is 1. The van der Waals surface area contributed by atoms with Gasteiger partial charge >= 0.3 is 12.1 Å². The Balaban J connectivity index is 2.71. The number of aryl methyl sites for hydroxylation is 1. The van der Waals surface area contributed by atoms with Crippen molar-refractivity contribution in [3.63, 3.8) is 0 Å². The molecule has 1 aromatic heterocycles. The molecule has 0 aliphatic rings. The van der Waals surface area contributed by atoms with E-state index in [9.17, 15) is 14.7 Å². The fourth-order valence-electron chi connectivity index (χ4n) is 1.68. The first kappa shape index (κ1) is 16.0. The first-order chi connectivity index (χ1) is 9.23. The number of hydrogen-bond donors (Lipinski definition) is 2. The molecule has 0 fully saturated rings. The van der Waals surface area contributed by atoms with Crippen LogP contribution in [0.2, 0.25) is 0 Å². The van der Waals surface area contributed by atoms with Crippen molar-refractivity contribution in [2.45, 2.75) is 52.3 Å². The second-order valence-electron chi connectivity index (χ2n) is 5.38. The number of nitrogens with zero attached hydrogens (tertiary/aromatic N) is 2. The molecule has 1 amide bonds. The van der Waals surface area contributed by atoms with E-state index in [0.717, 1.165) is 5.69 Å². The SMILES string of the molecule is CCn1nccc1CC(NC(=O)OC(C)(C)C)C(=O)O. The molecular formula is C13H21N3O4. The molecule has 0 spiro atoms. The van der Waals surface area contributed by atoms with Crippen molar-refractivity contribution in [3.8, 4) is 0 Å². The number of carboxylic acids is 1. The zero-order valence-electron chi connectivity index (χ0n) is 12.2. The number of aliphatic carboxylic acids is 1. The summed E-state index contributed by atoms with van der Waals surface area (Å²) >= 11 is 0. The Morgan fingerprint density at radius 1 is 1.50 bits per heavy atom. The molecule has 0 aliphatic heterocycles. The lowest BCUT2D eigenvalue weighted by Gasteiger charge is -2.22. The Hall–Kier alpha value is -2.05. The van der Waals surface area contributed by atoms with Crippen LogP contribution >= 0.6 is 0 Å². The van der Waals surface area contributed by atoms with Gasteiger partial charge in [-0.3, -0.25) is 4.68 Å². The Morgan fingerprint density at radius 3 is 2.65 bits per heavy atom. The molecule has 0 bridgehead atoms. The smallest absolute Gasteiger partial charge is 0.408 e. The van der Waals surface area contributed by atoms with Gasteiger partial charge in [-0.15, -0.1) is 0 Å². The molecule has 1 atom stereocenters. The summed E-state index contributed by atoms with van der Waals surface area (Å²) in [5.74, 6) is -1.11. The van der Waals surface area contributed by atoms with Crippen molar-refractivity contribution in [3.05, 3.63) is 18.0 Å². The van der Waals surface area contributed by atoms with E-state index in [1.165, 1.54) is 0 Å². The highest BCUT2D eigenvalue weighted by molar-refractivity contribution is 5.80. The fraction of sp³-hybridized carbons (Fsp3) is 0.615. The lowest BCUT2D eigenvalue weighted by atomic mass is 10.1. The standard InChI is InChI=1S/C13H21N3O4/c1-5-16-9(6-7-14-16)8-10(11(17)18)15-12(19)20-13(2,3)4/h6-7,10H,5,8H2,1-4H3,(H,15,19)(H,17,18). The van der Waals surface area contributed by atoms with E-state index in [2.05, 4.69) is 10.4 Å². The summed E-state index contributed by atoms with van der Waals surface area (Å²) in [5.41, 5.74) is 0.0779. The zero-order valence-corrected chi connectivity index (χ0v) is 12.2. The van der Waals surface area contributed by atoms with Crippen LogP contribution in [0.25, 0.3) is 0 Å². The molecule has 7 nitrogen and oxygen atoms in total. The second-order valence-corrected chi connectivity index (χ2v) is 5.38. The van der Waals surface area contributed by atoms with Crippen LogP contribution in [-0.4, -0.2) is 38.6 Å². The molecule has 0 saturated carbocycles. The number of aromatic nitrogens is 2. The van der Waals surface area contributed by atoms with Gasteiger partial charge in [0.15, 0.2) is 0 Å². The number of alkyl carbamates (subject to hydrolysis) is 1. The molecule has 0 aliphatic carbocycles. The second kappa shape index (κ2) is 6.40. The van der Waals surface area contributed by atoms with E-state index in [-0.39, 0.29) is 6.42 Å². The third-order valence-electron chi connectivity index (χ3n) is 2.51. The van der Waals surface area contributed by atoms with Crippen molar-refractivity contribution in [2.24, 2.45) is 0 Å². The zero-order chi connectivity index (χ0) is 15.3. The maximum atomic E-state index is 11.6. The number of rotatable bonds is 5. The van der Waals surface area contributed by atoms with Gasteiger partial charge in [0, 0.05) is 24.9 Å². The van der Waals surface area contributed by atoms with Gasteiger partial charge in [0.2, 0.25) is 0 Å². The summed E-state index contributed by atoms with van der Waals surface area (Å²) < 4.78 is 6.75. The highest BCUT2D eigenvalue weighted by Gasteiger charge is 2.25. The minimum Gasteiger partial charge on any atom is -0.480 e. The summed E-state index contributed by atoms with van der Waals surface area (Å²) in [4.78, 5) is 22.9. The summed E-state index contributed by atoms with van der Waals surface area (Å²) in [6.45, 7) is 7.70. The molecule has 1 aromatic rings. The largest absolute Gasteiger partial charge is 0.480 e. The Labute approximate surface area is 117 Å². The van der Waals surface area contributed by atoms with Crippen LogP contribution in [0, 0.1) is 0 Å². The van der Waals surface area contributed by atoms with Gasteiger partial charge in [-0.1, -0.05) is 0 Å². The number of nitrogens with one attached hydrogen (secondary N) is 1. The third kappa shape index (κ3) is 4.91. The van der Waals surface area contributed by atoms with Crippen LogP contribution in [0.4, 0.5) is 4.79 Å². The van der Waals surface area contributed by atoms with Gasteiger partial charge in [0.25, 0.3) is 0 Å². The molecule has 112 valence electrons. The first-order valence-corrected chi connectivity index (χ1v) is 6.46. The summed E-state index contributed by atoms with van der Waals surface area (Å²) in [6.07, 6.45) is 1.01. The molecule has 1 rings (SSSR count). The quantitative estimate of drug-likeness (QED) is 0.852. The molecule has 0 aromatic carbocycles. The van der Waals surface area contributed by atoms with Crippen LogP contribution in [0.3, 0.4) is 0 Å². The molecule has 0 saturated heterocycles. The molecule has 1 heterocycles. The number of ether oxygens (including phenoxy) is 1. The van der Waals surface area contributed by atoms with Crippen molar-refractivity contribution in [2.75, 3.05) is 0 Å². The lowest BCUT2D eigenvalue weighted by molar-refractivity contribution is -0.139. The van der Waals surface area contributed by atoms with Gasteiger partial charge in [-0.25, -0.2) is 9.59 Å². The maximum Gasteiger partial charge on any atom is 0.408 e. The lowest BCUT2D eigenvalue weighted by Crippen LogP contribution is -2.45. The van der Waals surface area contributed by atoms with Crippen LogP contribution in [0.15, 0.2) is 12.3 Å². The Kier molecular flexibility index (Phi) is 5.12. The summed E-state index contributed by atoms with van der Waals surface area (Å²) in [7, 11) is 0. The van der Waals surface area contributed by atoms with Crippen molar-refractivity contribution < 1.29 is 19.4 Å². The van der Waals surface area contributed by atoms with E-state index >= 15 is 0 Å². The van der Waals surface area contributed by atoms with Crippen LogP contribution in [0.5, 0.6) is 0 Å². The molecule has 7 heteroatoms. The topological polar surface area (TPSA) is 93.5 Å². The Bertz CT molecular complexity index is 476. The highest BCUT2D eigenvalue weighted by Crippen LogP contribution is 2.08. The van der Waals surface area contributed by atoms with Gasteiger partial charge in [-0.05, 0) is 33.8 Å². The van der Waals surface area contributed by atoms with E-state index in [0.29, 0.717) is 6.54 Å². The number of amides is 1. The van der Waals surface area contributed by atoms with Gasteiger partial charge in [0.1, 0.15) is 11.6 Å². The molecule has 20 heavy (non-hydrogen) atoms. The summed E-state index contributed by atoms with van der Waals surface area (Å²) in [5, 5.41) is 15.6. The molecule has 0 radical (unpaired) electrons. The first-order valence-electron chi connectivity index (χ1n) is 6.46. The van der Waals surface area contributed by atoms with Gasteiger partial charge in [0.05, 0.1) is 0 Å². The van der Waals surface area contributed by atoms with Crippen molar-refractivity contribution in [1.82, 2.24) is 15.1 Å². The van der Waals surface area contributed by atoms with E-state index in [1.807, 2.05) is 6.92 Å². The predicted molar refractivity (Wildman–Crippen MR) is 72.4 cm³/mol. The monoisotopic (exact) mass is 283 g/mol. The molecule has 2 N–H and O–H groups in total. The van der Waals surface area contributed by atoms with Crippen LogP contribution in [0.1, 0.15) is 33.4 Å². The van der Waals surface area contributed by atoms with Gasteiger partial charge < -0.3 is 15.2 Å². The summed E-state index contributed by atoms with van der Waals surface area (Å²) in [6, 6.07) is 0.683. The average molecular weight is 283 g/mol. The van der Waals surface area contributed by atoms with Crippen LogP contribution < -0.4 is 5.32 Å². The number of carbonyl (C=O) groups is 2. The minimum absolute atomic E-state index is 0.155. The fourth-order valence-corrected chi connectivity index (χ4v) is 1.68. The minimum atomic E-state index is -1.11. The van der Waals surface area contributed by atoms with E-state index < -0.39 is 23.7 Å². The molecule has 1 unspecified atom stereocenters. The predicted octanol–water partition coefficient (Wildman–Crippen LogP) is 1.42. The molecular weight excluding hydrogens is 262 g/mol. The number of hydrogen-bond acceptors (Lipinski definition) is 4. The number of carbonyl (C=O) groups excluding carboxylic acids is 1. The van der Waals surface area contributed by atoms with Crippen molar-refractivity contribution in [1.29, 1.82) is 0 Å². The average Bonchev–Trinajstić information content (AvgIpc) is 2.72.